The highest BCUT2D eigenvalue weighted by Gasteiger charge is 2.15. The van der Waals surface area contributed by atoms with E-state index in [0.29, 0.717) is 11.8 Å². The molecule has 0 bridgehead atoms. The molecule has 0 amide bonds. The molecule has 20 heavy (non-hydrogen) atoms. The van der Waals surface area contributed by atoms with E-state index in [0.717, 1.165) is 11.6 Å². The van der Waals surface area contributed by atoms with Crippen LogP contribution in [-0.2, 0) is 0 Å². The van der Waals surface area contributed by atoms with Gasteiger partial charge in [-0.05, 0) is 23.0 Å². The topological polar surface area (TPSA) is 18.8 Å². The fraction of sp³-hybridized carbons (Fsp3) is 0.588. The van der Waals surface area contributed by atoms with Crippen molar-refractivity contribution in [1.29, 1.82) is 0 Å². The van der Waals surface area contributed by atoms with Gasteiger partial charge in [-0.2, -0.15) is 0 Å². The maximum atomic E-state index is 4.97. The Balaban J connectivity index is 3.51. The third-order valence-electron chi connectivity index (χ3n) is 3.35. The molecule has 0 aliphatic heterocycles. The highest BCUT2D eigenvalue weighted by molar-refractivity contribution is 5.83. The summed E-state index contributed by atoms with van der Waals surface area (Å²) in [5.74, 6) is 1.91. The number of guanidine groups is 1. The average Bonchev–Trinajstić information content (AvgIpc) is 2.34. The van der Waals surface area contributed by atoms with Gasteiger partial charge >= 0.3 is 0 Å². The fourth-order valence-corrected chi connectivity index (χ4v) is 2.34. The minimum Gasteiger partial charge on any atom is -0.349 e. The number of benzene rings is 1. The van der Waals surface area contributed by atoms with E-state index in [2.05, 4.69) is 55.7 Å². The van der Waals surface area contributed by atoms with Crippen LogP contribution in [0.25, 0.3) is 0 Å². The second-order valence-electron chi connectivity index (χ2n) is 6.30. The molecule has 0 radical (unpaired) electrons. The van der Waals surface area contributed by atoms with Crippen molar-refractivity contribution in [3.63, 3.8) is 0 Å². The van der Waals surface area contributed by atoms with E-state index in [9.17, 15) is 0 Å². The Morgan fingerprint density at radius 2 is 1.25 bits per heavy atom. The molecule has 0 saturated heterocycles. The molecule has 0 fully saturated rings. The first kappa shape index (κ1) is 16.5. The number of rotatable bonds is 3. The van der Waals surface area contributed by atoms with Crippen molar-refractivity contribution in [2.24, 2.45) is 4.99 Å². The second kappa shape index (κ2) is 6.78. The Labute approximate surface area is 124 Å². The quantitative estimate of drug-likeness (QED) is 0.612. The lowest BCUT2D eigenvalue weighted by atomic mass is 9.93. The third kappa shape index (κ3) is 3.75. The van der Waals surface area contributed by atoms with Crippen LogP contribution >= 0.6 is 0 Å². The summed E-state index contributed by atoms with van der Waals surface area (Å²) < 4.78 is 0. The van der Waals surface area contributed by atoms with Gasteiger partial charge in [0.2, 0.25) is 5.96 Å². The lowest BCUT2D eigenvalue weighted by Crippen LogP contribution is -2.35. The molecule has 0 spiro atoms. The molecule has 1 aromatic rings. The summed E-state index contributed by atoms with van der Waals surface area (Å²) in [5, 5.41) is 0. The zero-order valence-electron chi connectivity index (χ0n) is 14.2. The normalized spacial score (nSPS) is 10.9. The Morgan fingerprint density at radius 3 is 1.55 bits per heavy atom. The maximum absolute atomic E-state index is 4.97. The summed E-state index contributed by atoms with van der Waals surface area (Å²) in [6, 6.07) is 6.53. The zero-order chi connectivity index (χ0) is 15.4. The summed E-state index contributed by atoms with van der Waals surface area (Å²) >= 11 is 0. The lowest BCUT2D eigenvalue weighted by Gasteiger charge is -2.24. The van der Waals surface area contributed by atoms with Crippen molar-refractivity contribution in [2.75, 3.05) is 28.2 Å². The summed E-state index contributed by atoms with van der Waals surface area (Å²) in [7, 11) is 8.13. The average molecular weight is 275 g/mol. The van der Waals surface area contributed by atoms with Crippen LogP contribution in [0, 0.1) is 0 Å². The molecule has 0 saturated carbocycles. The van der Waals surface area contributed by atoms with Crippen LogP contribution in [0.5, 0.6) is 0 Å². The number of para-hydroxylation sites is 1. The van der Waals surface area contributed by atoms with Crippen molar-refractivity contribution in [1.82, 2.24) is 9.80 Å². The Bertz CT molecular complexity index is 435. The molecule has 0 aliphatic rings. The maximum Gasteiger partial charge on any atom is 0.200 e. The first-order valence-corrected chi connectivity index (χ1v) is 7.31. The van der Waals surface area contributed by atoms with Crippen molar-refractivity contribution in [3.8, 4) is 0 Å². The van der Waals surface area contributed by atoms with Gasteiger partial charge in [-0.1, -0.05) is 45.9 Å². The van der Waals surface area contributed by atoms with Crippen LogP contribution in [0.4, 0.5) is 5.69 Å². The molecule has 1 rings (SSSR count). The monoisotopic (exact) mass is 275 g/mol. The minimum absolute atomic E-state index is 0.470. The third-order valence-corrected chi connectivity index (χ3v) is 3.35. The number of hydrogen-bond donors (Lipinski definition) is 0. The fourth-order valence-electron chi connectivity index (χ4n) is 2.34. The first-order valence-electron chi connectivity index (χ1n) is 7.31. The highest BCUT2D eigenvalue weighted by Crippen LogP contribution is 2.34. The van der Waals surface area contributed by atoms with Gasteiger partial charge in [-0.25, -0.2) is 4.99 Å². The smallest absolute Gasteiger partial charge is 0.200 e. The van der Waals surface area contributed by atoms with Crippen LogP contribution in [0.15, 0.2) is 23.2 Å². The van der Waals surface area contributed by atoms with E-state index in [-0.39, 0.29) is 0 Å². The molecular weight excluding hydrogens is 246 g/mol. The summed E-state index contributed by atoms with van der Waals surface area (Å²) in [5.41, 5.74) is 3.77. The number of hydrogen-bond acceptors (Lipinski definition) is 1. The largest absolute Gasteiger partial charge is 0.349 e. The molecule has 0 aliphatic carbocycles. The summed E-state index contributed by atoms with van der Waals surface area (Å²) in [6.45, 7) is 8.90. The molecule has 112 valence electrons. The van der Waals surface area contributed by atoms with E-state index in [1.54, 1.807) is 0 Å². The summed E-state index contributed by atoms with van der Waals surface area (Å²) in [6.07, 6.45) is 0. The molecule has 0 atom stereocenters. The minimum atomic E-state index is 0.470. The van der Waals surface area contributed by atoms with E-state index < -0.39 is 0 Å². The Morgan fingerprint density at radius 1 is 0.850 bits per heavy atom. The van der Waals surface area contributed by atoms with Gasteiger partial charge < -0.3 is 9.80 Å². The van der Waals surface area contributed by atoms with Gasteiger partial charge in [-0.3, -0.25) is 0 Å². The van der Waals surface area contributed by atoms with Crippen LogP contribution in [0.1, 0.15) is 50.7 Å². The zero-order valence-corrected chi connectivity index (χ0v) is 14.2. The molecule has 0 heterocycles. The predicted molar refractivity (Wildman–Crippen MR) is 89.1 cm³/mol. The number of aliphatic imine (C=N–C) groups is 1. The van der Waals surface area contributed by atoms with Crippen molar-refractivity contribution in [2.45, 2.75) is 39.5 Å². The molecule has 0 N–H and O–H groups in total. The lowest BCUT2D eigenvalue weighted by molar-refractivity contribution is 0.484. The van der Waals surface area contributed by atoms with Crippen LogP contribution in [0.3, 0.4) is 0 Å². The first-order chi connectivity index (χ1) is 9.25. The SMILES string of the molecule is CC(C)c1cccc(C(C)C)c1N=C(N(C)C)N(C)C. The van der Waals surface area contributed by atoms with Gasteiger partial charge in [0.05, 0.1) is 5.69 Å². The standard InChI is InChI=1S/C17H29N3/c1-12(2)14-10-9-11-15(13(3)4)16(14)18-17(19(5)6)20(7)8/h9-13H,1-8H3. The van der Waals surface area contributed by atoms with Gasteiger partial charge in [0.1, 0.15) is 0 Å². The van der Waals surface area contributed by atoms with Gasteiger partial charge in [-0.15, -0.1) is 0 Å². The van der Waals surface area contributed by atoms with Gasteiger partial charge in [0.25, 0.3) is 0 Å². The molecule has 1 aromatic carbocycles. The molecule has 0 aromatic heterocycles. The van der Waals surface area contributed by atoms with Crippen molar-refractivity contribution in [3.05, 3.63) is 29.3 Å². The van der Waals surface area contributed by atoms with Crippen molar-refractivity contribution >= 4 is 11.6 Å². The van der Waals surface area contributed by atoms with Crippen LogP contribution in [-0.4, -0.2) is 44.0 Å². The van der Waals surface area contributed by atoms with Crippen LogP contribution in [0.2, 0.25) is 0 Å². The van der Waals surface area contributed by atoms with Crippen molar-refractivity contribution < 1.29 is 0 Å². The second-order valence-corrected chi connectivity index (χ2v) is 6.30. The molecule has 3 heteroatoms. The van der Waals surface area contributed by atoms with Gasteiger partial charge in [0, 0.05) is 28.2 Å². The molecule has 0 unspecified atom stereocenters. The molecular formula is C17H29N3. The van der Waals surface area contributed by atoms with Crippen LogP contribution < -0.4 is 0 Å². The predicted octanol–water partition coefficient (Wildman–Crippen LogP) is 4.04. The van der Waals surface area contributed by atoms with Gasteiger partial charge in [0.15, 0.2) is 0 Å². The van der Waals surface area contributed by atoms with E-state index >= 15 is 0 Å². The van der Waals surface area contributed by atoms with E-state index in [1.165, 1.54) is 11.1 Å². The van der Waals surface area contributed by atoms with E-state index in [4.69, 9.17) is 4.99 Å². The molecule has 3 nitrogen and oxygen atoms in total. The Kier molecular flexibility index (Phi) is 5.61. The Hall–Kier alpha value is -1.51. The van der Waals surface area contributed by atoms with E-state index in [1.807, 2.05) is 28.2 Å². The summed E-state index contributed by atoms with van der Waals surface area (Å²) in [4.78, 5) is 9.08. The highest BCUT2D eigenvalue weighted by atomic mass is 15.3. The number of nitrogens with zero attached hydrogens (tertiary/aromatic N) is 3.